The molecular formula is C14H23F2N3O. The summed E-state index contributed by atoms with van der Waals surface area (Å²) < 4.78 is 28.4. The van der Waals surface area contributed by atoms with Crippen molar-refractivity contribution in [1.29, 1.82) is 0 Å². The van der Waals surface area contributed by atoms with Crippen LogP contribution in [0.15, 0.2) is 12.7 Å². The van der Waals surface area contributed by atoms with Crippen molar-refractivity contribution in [3.05, 3.63) is 12.7 Å². The highest BCUT2D eigenvalue weighted by atomic mass is 19.2. The number of hydrogen-bond acceptors (Lipinski definition) is 3. The minimum absolute atomic E-state index is 0.440. The van der Waals surface area contributed by atoms with Gasteiger partial charge in [-0.3, -0.25) is 0 Å². The van der Waals surface area contributed by atoms with Crippen LogP contribution in [0.1, 0.15) is 51.5 Å². The lowest BCUT2D eigenvalue weighted by Crippen LogP contribution is -2.38. The lowest BCUT2D eigenvalue weighted by molar-refractivity contribution is -0.0122. The molecule has 4 nitrogen and oxygen atoms in total. The van der Waals surface area contributed by atoms with Crippen LogP contribution < -0.4 is 0 Å². The second kappa shape index (κ2) is 7.11. The lowest BCUT2D eigenvalue weighted by Gasteiger charge is -2.31. The molecule has 1 aliphatic rings. The Labute approximate surface area is 118 Å². The van der Waals surface area contributed by atoms with Gasteiger partial charge in [0.25, 0.3) is 0 Å². The van der Waals surface area contributed by atoms with Gasteiger partial charge in [0.15, 0.2) is 6.17 Å². The summed E-state index contributed by atoms with van der Waals surface area (Å²) in [5.41, 5.74) is 0. The average molecular weight is 287 g/mol. The Kier molecular flexibility index (Phi) is 5.46. The maximum absolute atomic E-state index is 13.8. The van der Waals surface area contributed by atoms with E-state index in [4.69, 9.17) is 0 Å². The molecule has 1 aromatic heterocycles. The fourth-order valence-corrected chi connectivity index (χ4v) is 3.04. The third kappa shape index (κ3) is 3.75. The molecule has 1 saturated carbocycles. The first-order valence-electron chi connectivity index (χ1n) is 7.40. The van der Waals surface area contributed by atoms with Crippen molar-refractivity contribution < 1.29 is 13.9 Å². The van der Waals surface area contributed by atoms with E-state index in [2.05, 4.69) is 10.1 Å². The molecule has 0 aliphatic heterocycles. The summed E-state index contributed by atoms with van der Waals surface area (Å²) in [6.07, 6.45) is 4.21. The Morgan fingerprint density at radius 1 is 1.30 bits per heavy atom. The Bertz CT molecular complexity index is 380. The first-order chi connectivity index (χ1) is 9.59. The Morgan fingerprint density at radius 3 is 2.55 bits per heavy atom. The molecule has 0 radical (unpaired) electrons. The zero-order chi connectivity index (χ0) is 14.5. The van der Waals surface area contributed by atoms with Crippen LogP contribution in [0.3, 0.4) is 0 Å². The third-order valence-corrected chi connectivity index (χ3v) is 4.24. The summed E-state index contributed by atoms with van der Waals surface area (Å²) >= 11 is 0. The number of halogens is 2. The molecule has 0 aromatic carbocycles. The van der Waals surface area contributed by atoms with Crippen LogP contribution in [-0.4, -0.2) is 38.3 Å². The summed E-state index contributed by atoms with van der Waals surface area (Å²) in [6, 6.07) is -0.547. The van der Waals surface area contributed by atoms with Crippen molar-refractivity contribution >= 4 is 0 Å². The summed E-state index contributed by atoms with van der Waals surface area (Å²) in [4.78, 5) is 3.85. The molecular weight excluding hydrogens is 264 g/mol. The van der Waals surface area contributed by atoms with Crippen LogP contribution in [-0.2, 0) is 0 Å². The van der Waals surface area contributed by atoms with Crippen LogP contribution in [0.2, 0.25) is 0 Å². The van der Waals surface area contributed by atoms with Crippen molar-refractivity contribution in [2.24, 2.45) is 5.92 Å². The predicted octanol–water partition coefficient (Wildman–Crippen LogP) is 2.85. The van der Waals surface area contributed by atoms with E-state index >= 15 is 0 Å². The Balaban J connectivity index is 2.08. The molecule has 20 heavy (non-hydrogen) atoms. The standard InChI is InChI=1S/C14H23F2N3O/c1-10(15)13(16)14(20)12(19-9-17-8-18-19)7-11-5-3-2-4-6-11/h8-14,20H,2-7H2,1H3. The van der Waals surface area contributed by atoms with Gasteiger partial charge in [-0.15, -0.1) is 0 Å². The second-order valence-corrected chi connectivity index (χ2v) is 5.80. The van der Waals surface area contributed by atoms with Crippen molar-refractivity contribution in [2.75, 3.05) is 0 Å². The van der Waals surface area contributed by atoms with Crippen LogP contribution in [0.4, 0.5) is 8.78 Å². The molecule has 114 valence electrons. The van der Waals surface area contributed by atoms with Gasteiger partial charge in [-0.2, -0.15) is 5.10 Å². The van der Waals surface area contributed by atoms with Gasteiger partial charge in [0.1, 0.15) is 24.9 Å². The Hall–Kier alpha value is -1.04. The molecule has 4 unspecified atom stereocenters. The number of aromatic nitrogens is 3. The normalized spacial score (nSPS) is 23.2. The van der Waals surface area contributed by atoms with Gasteiger partial charge in [0.05, 0.1) is 6.04 Å². The first-order valence-corrected chi connectivity index (χ1v) is 7.40. The molecule has 1 aromatic rings. The van der Waals surface area contributed by atoms with Crippen LogP contribution in [0.25, 0.3) is 0 Å². The molecule has 2 rings (SSSR count). The van der Waals surface area contributed by atoms with Gasteiger partial charge in [0.2, 0.25) is 0 Å². The van der Waals surface area contributed by atoms with Gasteiger partial charge in [-0.25, -0.2) is 18.4 Å². The van der Waals surface area contributed by atoms with Gasteiger partial charge in [-0.1, -0.05) is 32.1 Å². The number of rotatable bonds is 6. The minimum Gasteiger partial charge on any atom is -0.388 e. The molecule has 1 heterocycles. The maximum atomic E-state index is 13.8. The predicted molar refractivity (Wildman–Crippen MR) is 71.7 cm³/mol. The van der Waals surface area contributed by atoms with Gasteiger partial charge < -0.3 is 5.11 Å². The van der Waals surface area contributed by atoms with E-state index in [9.17, 15) is 13.9 Å². The van der Waals surface area contributed by atoms with E-state index in [-0.39, 0.29) is 0 Å². The van der Waals surface area contributed by atoms with Crippen LogP contribution in [0.5, 0.6) is 0 Å². The molecule has 1 aliphatic carbocycles. The fourth-order valence-electron chi connectivity index (χ4n) is 3.04. The highest BCUT2D eigenvalue weighted by Crippen LogP contribution is 2.33. The second-order valence-electron chi connectivity index (χ2n) is 5.80. The number of nitrogens with zero attached hydrogens (tertiary/aromatic N) is 3. The monoisotopic (exact) mass is 287 g/mol. The van der Waals surface area contributed by atoms with Gasteiger partial charge in [0, 0.05) is 0 Å². The van der Waals surface area contributed by atoms with Crippen molar-refractivity contribution in [3.63, 3.8) is 0 Å². The molecule has 6 heteroatoms. The molecule has 0 saturated heterocycles. The highest BCUT2D eigenvalue weighted by Gasteiger charge is 2.35. The molecule has 1 fully saturated rings. The summed E-state index contributed by atoms with van der Waals surface area (Å²) in [6.45, 7) is 1.13. The number of hydrogen-bond donors (Lipinski definition) is 1. The van der Waals surface area contributed by atoms with Crippen LogP contribution in [0, 0.1) is 5.92 Å². The van der Waals surface area contributed by atoms with E-state index in [0.717, 1.165) is 19.8 Å². The van der Waals surface area contributed by atoms with E-state index in [1.54, 1.807) is 0 Å². The number of alkyl halides is 2. The lowest BCUT2D eigenvalue weighted by atomic mass is 9.83. The minimum atomic E-state index is -1.90. The molecule has 0 amide bonds. The fraction of sp³-hybridized carbons (Fsp3) is 0.857. The highest BCUT2D eigenvalue weighted by molar-refractivity contribution is 4.86. The van der Waals surface area contributed by atoms with Crippen molar-refractivity contribution in [2.45, 2.75) is 69.9 Å². The molecule has 1 N–H and O–H groups in total. The quantitative estimate of drug-likeness (QED) is 0.875. The summed E-state index contributed by atoms with van der Waals surface area (Å²) in [5.74, 6) is 0.440. The summed E-state index contributed by atoms with van der Waals surface area (Å²) in [5, 5.41) is 14.1. The zero-order valence-corrected chi connectivity index (χ0v) is 11.8. The van der Waals surface area contributed by atoms with Gasteiger partial charge in [-0.05, 0) is 19.3 Å². The maximum Gasteiger partial charge on any atom is 0.159 e. The van der Waals surface area contributed by atoms with Crippen molar-refractivity contribution in [1.82, 2.24) is 14.8 Å². The Morgan fingerprint density at radius 2 is 2.00 bits per heavy atom. The van der Waals surface area contributed by atoms with E-state index < -0.39 is 24.5 Å². The van der Waals surface area contributed by atoms with Crippen LogP contribution >= 0.6 is 0 Å². The SMILES string of the molecule is CC(F)C(F)C(O)C(CC1CCCCC1)n1cncn1. The van der Waals surface area contributed by atoms with E-state index in [1.165, 1.54) is 36.6 Å². The first kappa shape index (κ1) is 15.4. The zero-order valence-electron chi connectivity index (χ0n) is 11.8. The third-order valence-electron chi connectivity index (χ3n) is 4.24. The smallest absolute Gasteiger partial charge is 0.159 e. The molecule has 4 atom stereocenters. The average Bonchev–Trinajstić information content (AvgIpc) is 2.98. The topological polar surface area (TPSA) is 50.9 Å². The van der Waals surface area contributed by atoms with E-state index in [0.29, 0.717) is 12.3 Å². The largest absolute Gasteiger partial charge is 0.388 e. The van der Waals surface area contributed by atoms with E-state index in [1.807, 2.05) is 0 Å². The van der Waals surface area contributed by atoms with Crippen molar-refractivity contribution in [3.8, 4) is 0 Å². The number of aliphatic hydroxyl groups excluding tert-OH is 1. The molecule has 0 bridgehead atoms. The van der Waals surface area contributed by atoms with Gasteiger partial charge >= 0.3 is 0 Å². The molecule has 0 spiro atoms. The summed E-state index contributed by atoms with van der Waals surface area (Å²) in [7, 11) is 0. The number of aliphatic hydroxyl groups is 1.